The zero-order valence-corrected chi connectivity index (χ0v) is 8.24. The van der Waals surface area contributed by atoms with Gasteiger partial charge in [0.2, 0.25) is 5.95 Å². The quantitative estimate of drug-likeness (QED) is 0.659. The number of pyridine rings is 1. The van der Waals surface area contributed by atoms with Crippen molar-refractivity contribution in [2.24, 2.45) is 0 Å². The SMILES string of the molecule is Cc1cc(-c2c(F)ccnc2F)cs1. The number of rotatable bonds is 1. The Labute approximate surface area is 84.0 Å². The summed E-state index contributed by atoms with van der Waals surface area (Å²) in [6.45, 7) is 1.89. The van der Waals surface area contributed by atoms with Crippen LogP contribution in [-0.2, 0) is 0 Å². The van der Waals surface area contributed by atoms with Gasteiger partial charge in [-0.25, -0.2) is 9.37 Å². The predicted molar refractivity (Wildman–Crippen MR) is 52.2 cm³/mol. The molecular formula is C10H7F2NS. The molecule has 0 aromatic carbocycles. The van der Waals surface area contributed by atoms with E-state index in [1.165, 1.54) is 11.3 Å². The standard InChI is InChI=1S/C10H7F2NS/c1-6-4-7(5-14-6)9-8(11)2-3-13-10(9)12/h2-5H,1H3. The minimum absolute atomic E-state index is 0.0446. The van der Waals surface area contributed by atoms with Crippen molar-refractivity contribution in [2.45, 2.75) is 6.92 Å². The highest BCUT2D eigenvalue weighted by Crippen LogP contribution is 2.28. The molecule has 0 N–H and O–H groups in total. The van der Waals surface area contributed by atoms with E-state index in [1.807, 2.05) is 6.92 Å². The molecule has 2 heterocycles. The molecule has 0 amide bonds. The van der Waals surface area contributed by atoms with Gasteiger partial charge in [0.05, 0.1) is 5.56 Å². The zero-order chi connectivity index (χ0) is 10.1. The van der Waals surface area contributed by atoms with Crippen LogP contribution in [0.4, 0.5) is 8.78 Å². The Kier molecular flexibility index (Phi) is 2.29. The lowest BCUT2D eigenvalue weighted by Gasteiger charge is -1.99. The molecule has 0 saturated carbocycles. The molecule has 0 aliphatic rings. The van der Waals surface area contributed by atoms with Gasteiger partial charge in [0, 0.05) is 16.6 Å². The first-order valence-corrected chi connectivity index (χ1v) is 4.92. The number of aromatic nitrogens is 1. The fourth-order valence-electron chi connectivity index (χ4n) is 1.25. The normalized spacial score (nSPS) is 10.5. The van der Waals surface area contributed by atoms with E-state index in [-0.39, 0.29) is 5.56 Å². The molecular weight excluding hydrogens is 204 g/mol. The Morgan fingerprint density at radius 3 is 2.71 bits per heavy atom. The average Bonchev–Trinajstić information content (AvgIpc) is 2.51. The second-order valence-corrected chi connectivity index (χ2v) is 4.02. The topological polar surface area (TPSA) is 12.9 Å². The fourth-order valence-corrected chi connectivity index (χ4v) is 1.94. The third kappa shape index (κ3) is 1.53. The van der Waals surface area contributed by atoms with Gasteiger partial charge >= 0.3 is 0 Å². The average molecular weight is 211 g/mol. The van der Waals surface area contributed by atoms with Crippen LogP contribution in [0, 0.1) is 18.7 Å². The number of aryl methyl sites for hydroxylation is 1. The molecule has 0 unspecified atom stereocenters. The molecule has 2 aromatic heterocycles. The minimum Gasteiger partial charge on any atom is -0.228 e. The molecule has 1 nitrogen and oxygen atoms in total. The molecule has 0 atom stereocenters. The van der Waals surface area contributed by atoms with Crippen LogP contribution in [0.2, 0.25) is 0 Å². The Morgan fingerprint density at radius 1 is 1.36 bits per heavy atom. The highest BCUT2D eigenvalue weighted by Gasteiger charge is 2.12. The molecule has 0 fully saturated rings. The summed E-state index contributed by atoms with van der Waals surface area (Å²) in [5, 5.41) is 1.72. The van der Waals surface area contributed by atoms with Crippen molar-refractivity contribution >= 4 is 11.3 Å². The maximum Gasteiger partial charge on any atom is 0.223 e. The van der Waals surface area contributed by atoms with Crippen molar-refractivity contribution in [2.75, 3.05) is 0 Å². The second-order valence-electron chi connectivity index (χ2n) is 2.90. The van der Waals surface area contributed by atoms with Gasteiger partial charge in [-0.05, 0) is 24.4 Å². The maximum absolute atomic E-state index is 13.3. The highest BCUT2D eigenvalue weighted by molar-refractivity contribution is 7.10. The smallest absolute Gasteiger partial charge is 0.223 e. The Hall–Kier alpha value is -1.29. The van der Waals surface area contributed by atoms with E-state index in [2.05, 4.69) is 4.98 Å². The molecule has 0 bridgehead atoms. The maximum atomic E-state index is 13.3. The molecule has 14 heavy (non-hydrogen) atoms. The van der Waals surface area contributed by atoms with Gasteiger partial charge in [-0.15, -0.1) is 11.3 Å². The fraction of sp³-hybridized carbons (Fsp3) is 0.100. The molecule has 0 spiro atoms. The summed E-state index contributed by atoms with van der Waals surface area (Å²) in [6.07, 6.45) is 1.12. The molecule has 72 valence electrons. The zero-order valence-electron chi connectivity index (χ0n) is 7.42. The summed E-state index contributed by atoms with van der Waals surface area (Å²) in [5.41, 5.74) is 0.507. The largest absolute Gasteiger partial charge is 0.228 e. The monoisotopic (exact) mass is 211 g/mol. The molecule has 0 saturated heterocycles. The van der Waals surface area contributed by atoms with Gasteiger partial charge in [0.25, 0.3) is 0 Å². The van der Waals surface area contributed by atoms with Crippen molar-refractivity contribution in [1.82, 2.24) is 4.98 Å². The van der Waals surface area contributed by atoms with E-state index in [9.17, 15) is 8.78 Å². The van der Waals surface area contributed by atoms with E-state index in [4.69, 9.17) is 0 Å². The van der Waals surface area contributed by atoms with Crippen molar-refractivity contribution in [3.05, 3.63) is 40.4 Å². The van der Waals surface area contributed by atoms with E-state index in [1.54, 1.807) is 11.4 Å². The summed E-state index contributed by atoms with van der Waals surface area (Å²) in [7, 11) is 0. The van der Waals surface area contributed by atoms with Crippen molar-refractivity contribution in [1.29, 1.82) is 0 Å². The van der Waals surface area contributed by atoms with E-state index in [0.29, 0.717) is 5.56 Å². The van der Waals surface area contributed by atoms with Crippen LogP contribution in [-0.4, -0.2) is 4.98 Å². The lowest BCUT2D eigenvalue weighted by Crippen LogP contribution is -1.91. The van der Waals surface area contributed by atoms with E-state index >= 15 is 0 Å². The van der Waals surface area contributed by atoms with Gasteiger partial charge in [-0.3, -0.25) is 0 Å². The molecule has 0 aliphatic carbocycles. The second kappa shape index (κ2) is 3.46. The Balaban J connectivity index is 2.61. The predicted octanol–water partition coefficient (Wildman–Crippen LogP) is 3.40. The van der Waals surface area contributed by atoms with Gasteiger partial charge in [-0.2, -0.15) is 4.39 Å². The van der Waals surface area contributed by atoms with Gasteiger partial charge in [0.15, 0.2) is 0 Å². The first-order valence-electron chi connectivity index (χ1n) is 4.04. The summed E-state index contributed by atoms with van der Waals surface area (Å²) in [6, 6.07) is 2.90. The van der Waals surface area contributed by atoms with Crippen LogP contribution < -0.4 is 0 Å². The molecule has 4 heteroatoms. The van der Waals surface area contributed by atoms with E-state index < -0.39 is 11.8 Å². The number of hydrogen-bond acceptors (Lipinski definition) is 2. The van der Waals surface area contributed by atoms with Crippen LogP contribution >= 0.6 is 11.3 Å². The Morgan fingerprint density at radius 2 is 2.14 bits per heavy atom. The number of nitrogens with zero attached hydrogens (tertiary/aromatic N) is 1. The lowest BCUT2D eigenvalue weighted by molar-refractivity contribution is 0.558. The third-order valence-corrected chi connectivity index (χ3v) is 2.73. The van der Waals surface area contributed by atoms with Crippen molar-refractivity contribution < 1.29 is 8.78 Å². The van der Waals surface area contributed by atoms with Gasteiger partial charge in [0.1, 0.15) is 5.82 Å². The summed E-state index contributed by atoms with van der Waals surface area (Å²) < 4.78 is 26.5. The minimum atomic E-state index is -0.761. The van der Waals surface area contributed by atoms with Crippen LogP contribution in [0.15, 0.2) is 23.7 Å². The molecule has 2 rings (SSSR count). The first kappa shape index (κ1) is 9.27. The number of hydrogen-bond donors (Lipinski definition) is 0. The highest BCUT2D eigenvalue weighted by atomic mass is 32.1. The van der Waals surface area contributed by atoms with Crippen molar-refractivity contribution in [3.8, 4) is 11.1 Å². The van der Waals surface area contributed by atoms with E-state index in [0.717, 1.165) is 17.1 Å². The number of thiophene rings is 1. The molecule has 0 radical (unpaired) electrons. The van der Waals surface area contributed by atoms with Gasteiger partial charge < -0.3 is 0 Å². The third-order valence-electron chi connectivity index (χ3n) is 1.87. The van der Waals surface area contributed by atoms with Crippen LogP contribution in [0.3, 0.4) is 0 Å². The van der Waals surface area contributed by atoms with Crippen molar-refractivity contribution in [3.63, 3.8) is 0 Å². The summed E-state index contributed by atoms with van der Waals surface area (Å²) >= 11 is 1.46. The molecule has 2 aromatic rings. The molecule has 0 aliphatic heterocycles. The number of halogens is 2. The summed E-state index contributed by atoms with van der Waals surface area (Å²) in [4.78, 5) is 4.44. The van der Waals surface area contributed by atoms with Crippen LogP contribution in [0.5, 0.6) is 0 Å². The lowest BCUT2D eigenvalue weighted by atomic mass is 10.1. The Bertz CT molecular complexity index is 445. The first-order chi connectivity index (χ1) is 6.68. The van der Waals surface area contributed by atoms with Crippen LogP contribution in [0.25, 0.3) is 11.1 Å². The van der Waals surface area contributed by atoms with Gasteiger partial charge in [-0.1, -0.05) is 0 Å². The van der Waals surface area contributed by atoms with Crippen LogP contribution in [0.1, 0.15) is 4.88 Å². The summed E-state index contributed by atoms with van der Waals surface area (Å²) in [5.74, 6) is -1.34.